The molecule has 0 saturated heterocycles. The molecule has 0 bridgehead atoms. The number of sulfonamides is 1. The number of nitrogens with one attached hydrogen (secondary N) is 2. The molecule has 0 saturated carbocycles. The van der Waals surface area contributed by atoms with Crippen molar-refractivity contribution in [3.05, 3.63) is 57.6 Å². The maximum Gasteiger partial charge on any atom is 0.242 e. The Labute approximate surface area is 174 Å². The molecule has 0 unspecified atom stereocenters. The van der Waals surface area contributed by atoms with Gasteiger partial charge in [-0.25, -0.2) is 12.7 Å². The minimum absolute atomic E-state index is 0.162. The van der Waals surface area contributed by atoms with Gasteiger partial charge in [0.1, 0.15) is 0 Å². The fraction of sp³-hybridized carbons (Fsp3) is 0.176. The number of thiocarbonyl (C=S) groups is 1. The Hall–Kier alpha value is -1.71. The Bertz CT molecular complexity index is 972. The highest BCUT2D eigenvalue weighted by Crippen LogP contribution is 2.23. The van der Waals surface area contributed by atoms with E-state index in [9.17, 15) is 8.42 Å². The minimum Gasteiger partial charge on any atom is -0.331 e. The predicted octanol–water partition coefficient (Wildman–Crippen LogP) is 3.87. The van der Waals surface area contributed by atoms with E-state index in [4.69, 9.17) is 35.4 Å². The zero-order valence-electron chi connectivity index (χ0n) is 14.8. The Kier molecular flexibility index (Phi) is 7.19. The number of hydrogen-bond acceptors (Lipinski definition) is 4. The van der Waals surface area contributed by atoms with Gasteiger partial charge in [0.2, 0.25) is 10.0 Å². The standard InChI is InChI=1S/C17H18Cl2N4O2S2/c1-11-7-8-12(27(24,25)23(2)3)9-16(11)21-17(26)22-20-10-13-14(18)5-4-6-15(13)19/h4-10H,1-3H3,(H2,21,22,26)/b20-10-. The number of nitrogens with zero attached hydrogens (tertiary/aromatic N) is 2. The van der Waals surface area contributed by atoms with Crippen LogP contribution in [0, 0.1) is 6.92 Å². The van der Waals surface area contributed by atoms with Gasteiger partial charge in [0.25, 0.3) is 0 Å². The lowest BCUT2D eigenvalue weighted by atomic mass is 10.2. The van der Waals surface area contributed by atoms with Crippen molar-refractivity contribution in [3.63, 3.8) is 0 Å². The number of hydrogen-bond donors (Lipinski definition) is 2. The van der Waals surface area contributed by atoms with Gasteiger partial charge in [0.05, 0.1) is 21.2 Å². The van der Waals surface area contributed by atoms with E-state index in [0.29, 0.717) is 21.3 Å². The van der Waals surface area contributed by atoms with Gasteiger partial charge >= 0.3 is 0 Å². The summed E-state index contributed by atoms with van der Waals surface area (Å²) >= 11 is 17.3. The molecular formula is C17H18Cl2N4O2S2. The molecule has 0 aromatic heterocycles. The molecule has 2 N–H and O–H groups in total. The molecule has 10 heteroatoms. The first-order chi connectivity index (χ1) is 12.6. The van der Waals surface area contributed by atoms with Crippen LogP contribution in [0.5, 0.6) is 0 Å². The summed E-state index contributed by atoms with van der Waals surface area (Å²) in [5, 5.41) is 8.07. The van der Waals surface area contributed by atoms with Crippen molar-refractivity contribution in [1.82, 2.24) is 9.73 Å². The molecule has 0 aliphatic rings. The average molecular weight is 445 g/mol. The summed E-state index contributed by atoms with van der Waals surface area (Å²) in [4.78, 5) is 0.162. The molecule has 27 heavy (non-hydrogen) atoms. The van der Waals surface area contributed by atoms with Crippen molar-refractivity contribution in [3.8, 4) is 0 Å². The van der Waals surface area contributed by atoms with Gasteiger partial charge in [-0.2, -0.15) is 5.10 Å². The lowest BCUT2D eigenvalue weighted by Gasteiger charge is -2.15. The number of aryl methyl sites for hydroxylation is 1. The fourth-order valence-corrected chi connectivity index (χ4v) is 3.63. The first-order valence-electron chi connectivity index (χ1n) is 7.70. The number of halogens is 2. The summed E-state index contributed by atoms with van der Waals surface area (Å²) in [5.74, 6) is 0. The molecule has 0 aliphatic carbocycles. The summed E-state index contributed by atoms with van der Waals surface area (Å²) in [5.41, 5.74) is 4.60. The van der Waals surface area contributed by atoms with Gasteiger partial charge in [0.15, 0.2) is 5.11 Å². The van der Waals surface area contributed by atoms with Crippen molar-refractivity contribution in [1.29, 1.82) is 0 Å². The molecule has 0 fully saturated rings. The summed E-state index contributed by atoms with van der Waals surface area (Å²) < 4.78 is 25.7. The molecule has 2 aromatic carbocycles. The SMILES string of the molecule is Cc1ccc(S(=O)(=O)N(C)C)cc1NC(=S)N/N=C\c1c(Cl)cccc1Cl. The quantitative estimate of drug-likeness (QED) is 0.415. The van der Waals surface area contributed by atoms with Gasteiger partial charge in [-0.15, -0.1) is 0 Å². The van der Waals surface area contributed by atoms with E-state index in [1.165, 1.54) is 26.4 Å². The Morgan fingerprint density at radius 2 is 1.81 bits per heavy atom. The number of hydrazone groups is 1. The number of benzene rings is 2. The van der Waals surface area contributed by atoms with Crippen molar-refractivity contribution in [2.75, 3.05) is 19.4 Å². The van der Waals surface area contributed by atoms with Crippen LogP contribution in [0.1, 0.15) is 11.1 Å². The zero-order valence-corrected chi connectivity index (χ0v) is 18.0. The van der Waals surface area contributed by atoms with Gasteiger partial charge in [-0.1, -0.05) is 35.3 Å². The molecule has 0 atom stereocenters. The van der Waals surface area contributed by atoms with E-state index >= 15 is 0 Å². The summed E-state index contributed by atoms with van der Waals surface area (Å²) in [6, 6.07) is 9.90. The normalized spacial score (nSPS) is 11.8. The van der Waals surface area contributed by atoms with Crippen LogP contribution in [0.3, 0.4) is 0 Å². The van der Waals surface area contributed by atoms with Crippen molar-refractivity contribution < 1.29 is 8.42 Å². The minimum atomic E-state index is -3.54. The molecule has 144 valence electrons. The first-order valence-corrected chi connectivity index (χ1v) is 10.3. The third-order valence-electron chi connectivity index (χ3n) is 3.60. The monoisotopic (exact) mass is 444 g/mol. The van der Waals surface area contributed by atoms with Crippen LogP contribution in [0.25, 0.3) is 0 Å². The number of rotatable bonds is 5. The molecule has 2 rings (SSSR count). The second-order valence-electron chi connectivity index (χ2n) is 5.72. The van der Waals surface area contributed by atoms with Crippen LogP contribution in [0.15, 0.2) is 46.4 Å². The van der Waals surface area contributed by atoms with E-state index in [-0.39, 0.29) is 10.0 Å². The van der Waals surface area contributed by atoms with Gasteiger partial charge in [-0.3, -0.25) is 5.43 Å². The van der Waals surface area contributed by atoms with Crippen LogP contribution >= 0.6 is 35.4 Å². The van der Waals surface area contributed by atoms with Crippen molar-refractivity contribution in [2.45, 2.75) is 11.8 Å². The van der Waals surface area contributed by atoms with E-state index in [0.717, 1.165) is 9.87 Å². The van der Waals surface area contributed by atoms with Gasteiger partial charge in [0, 0.05) is 25.3 Å². The average Bonchev–Trinajstić information content (AvgIpc) is 2.59. The van der Waals surface area contributed by atoms with Crippen LogP contribution in [0.4, 0.5) is 5.69 Å². The highest BCUT2D eigenvalue weighted by atomic mass is 35.5. The largest absolute Gasteiger partial charge is 0.331 e. The van der Waals surface area contributed by atoms with E-state index in [1.807, 2.05) is 6.92 Å². The fourth-order valence-electron chi connectivity index (χ4n) is 2.05. The smallest absolute Gasteiger partial charge is 0.242 e. The van der Waals surface area contributed by atoms with E-state index < -0.39 is 10.0 Å². The maximum atomic E-state index is 12.3. The van der Waals surface area contributed by atoms with E-state index in [2.05, 4.69) is 15.8 Å². The lowest BCUT2D eigenvalue weighted by molar-refractivity contribution is 0.521. The van der Waals surface area contributed by atoms with Gasteiger partial charge in [-0.05, 0) is 49.0 Å². The molecule has 0 amide bonds. The highest BCUT2D eigenvalue weighted by Gasteiger charge is 2.18. The highest BCUT2D eigenvalue weighted by molar-refractivity contribution is 7.89. The van der Waals surface area contributed by atoms with Gasteiger partial charge < -0.3 is 5.32 Å². The molecule has 6 nitrogen and oxygen atoms in total. The third-order valence-corrected chi connectivity index (χ3v) is 6.26. The van der Waals surface area contributed by atoms with Crippen LogP contribution < -0.4 is 10.7 Å². The molecule has 0 heterocycles. The van der Waals surface area contributed by atoms with Crippen molar-refractivity contribution in [2.24, 2.45) is 5.10 Å². The third kappa shape index (κ3) is 5.40. The summed E-state index contributed by atoms with van der Waals surface area (Å²) in [7, 11) is -0.593. The molecule has 2 aromatic rings. The van der Waals surface area contributed by atoms with Crippen LogP contribution in [-0.2, 0) is 10.0 Å². The van der Waals surface area contributed by atoms with Crippen LogP contribution in [0.2, 0.25) is 10.0 Å². The molecule has 0 aliphatic heterocycles. The number of anilines is 1. The second kappa shape index (κ2) is 8.99. The molecule has 0 spiro atoms. The molecular weight excluding hydrogens is 427 g/mol. The predicted molar refractivity (Wildman–Crippen MR) is 115 cm³/mol. The Balaban J connectivity index is 2.13. The van der Waals surface area contributed by atoms with E-state index in [1.54, 1.807) is 30.3 Å². The topological polar surface area (TPSA) is 73.8 Å². The first kappa shape index (κ1) is 21.6. The van der Waals surface area contributed by atoms with Crippen molar-refractivity contribution >= 4 is 62.5 Å². The Morgan fingerprint density at radius 3 is 2.41 bits per heavy atom. The maximum absolute atomic E-state index is 12.3. The Morgan fingerprint density at radius 1 is 1.19 bits per heavy atom. The molecule has 0 radical (unpaired) electrons. The second-order valence-corrected chi connectivity index (χ2v) is 9.10. The summed E-state index contributed by atoms with van der Waals surface area (Å²) in [6.45, 7) is 1.84. The van der Waals surface area contributed by atoms with Crippen LogP contribution in [-0.4, -0.2) is 38.1 Å². The zero-order chi connectivity index (χ0) is 20.2. The lowest BCUT2D eigenvalue weighted by Crippen LogP contribution is -2.25. The summed E-state index contributed by atoms with van der Waals surface area (Å²) in [6.07, 6.45) is 1.46.